The molecule has 9 nitrogen and oxygen atoms in total. The molecule has 1 unspecified atom stereocenters. The maximum absolute atomic E-state index is 13.8. The lowest BCUT2D eigenvalue weighted by molar-refractivity contribution is -0.116. The predicted octanol–water partition coefficient (Wildman–Crippen LogP) is 7.74. The highest BCUT2D eigenvalue weighted by Gasteiger charge is 2.24. The number of carbonyl (C=O) groups excluding carboxylic acids is 3. The first-order valence-electron chi connectivity index (χ1n) is 16.1. The van der Waals surface area contributed by atoms with Gasteiger partial charge >= 0.3 is 0 Å². The van der Waals surface area contributed by atoms with Gasteiger partial charge in [0.1, 0.15) is 29.9 Å². The molecule has 10 heteroatoms. The number of ether oxygens (including phenoxy) is 3. The Balaban J connectivity index is 1.21. The number of hydrogen-bond acceptors (Lipinski definition) is 7. The minimum atomic E-state index is -0.615. The Labute approximate surface area is 294 Å². The quantitative estimate of drug-likeness (QED) is 0.0910. The molecule has 0 saturated heterocycles. The molecule has 5 aromatic carbocycles. The van der Waals surface area contributed by atoms with Gasteiger partial charge < -0.3 is 30.2 Å². The van der Waals surface area contributed by atoms with Crippen LogP contribution in [0.3, 0.4) is 0 Å². The predicted molar refractivity (Wildman–Crippen MR) is 196 cm³/mol. The first-order valence-corrected chi connectivity index (χ1v) is 17.0. The van der Waals surface area contributed by atoms with Gasteiger partial charge in [0.25, 0.3) is 11.8 Å². The number of fused-ring (bicyclic) bond motifs is 1. The SMILES string of the molecule is CCOc1ccc(/C=C(/NC(=O)c2ccccc2)C(=O)Nc2cccc(SC(C(=O)Nc3ccc4c(c3)OCCO4)c3ccccc3)c2)cc1. The number of thioether (sulfide) groups is 1. The zero-order chi connectivity index (χ0) is 34.7. The van der Waals surface area contributed by atoms with E-state index in [2.05, 4.69) is 16.0 Å². The van der Waals surface area contributed by atoms with Gasteiger partial charge in [0.2, 0.25) is 5.91 Å². The third-order valence-electron chi connectivity index (χ3n) is 7.53. The van der Waals surface area contributed by atoms with E-state index in [0.717, 1.165) is 10.5 Å². The van der Waals surface area contributed by atoms with Crippen molar-refractivity contribution in [1.82, 2.24) is 5.32 Å². The Morgan fingerprint density at radius 2 is 1.46 bits per heavy atom. The highest BCUT2D eigenvalue weighted by molar-refractivity contribution is 8.00. The molecule has 3 amide bonds. The lowest BCUT2D eigenvalue weighted by atomic mass is 10.1. The normalized spacial score (nSPS) is 12.7. The van der Waals surface area contributed by atoms with Gasteiger partial charge in [-0.1, -0.05) is 66.7 Å². The standard InChI is InChI=1S/C40H35N3O6S/c1-2-47-32-19-16-27(17-20-32)24-34(43-38(44)29-12-7-4-8-13-29)39(45)41-30-14-9-15-33(25-30)50-37(28-10-5-3-6-11-28)40(46)42-31-18-21-35-36(26-31)49-23-22-48-35/h3-21,24-26,37H,2,22-23H2,1H3,(H,41,45)(H,42,46)(H,43,44)/b34-24+. The highest BCUT2D eigenvalue weighted by Crippen LogP contribution is 2.38. The van der Waals surface area contributed by atoms with Crippen LogP contribution in [0.25, 0.3) is 6.08 Å². The zero-order valence-electron chi connectivity index (χ0n) is 27.3. The zero-order valence-corrected chi connectivity index (χ0v) is 28.1. The number of nitrogens with one attached hydrogen (secondary N) is 3. The van der Waals surface area contributed by atoms with E-state index in [1.807, 2.05) is 61.5 Å². The van der Waals surface area contributed by atoms with Crippen LogP contribution < -0.4 is 30.2 Å². The van der Waals surface area contributed by atoms with Crippen molar-refractivity contribution in [1.29, 1.82) is 0 Å². The molecule has 6 rings (SSSR count). The number of hydrogen-bond donors (Lipinski definition) is 3. The van der Waals surface area contributed by atoms with Crippen LogP contribution in [-0.4, -0.2) is 37.5 Å². The third kappa shape index (κ3) is 8.91. The fourth-order valence-electron chi connectivity index (χ4n) is 5.15. The first-order chi connectivity index (χ1) is 24.4. The van der Waals surface area contributed by atoms with Crippen molar-refractivity contribution in [2.75, 3.05) is 30.5 Å². The Morgan fingerprint density at radius 3 is 2.20 bits per heavy atom. The Hall–Kier alpha value is -6.00. The molecule has 0 aliphatic carbocycles. The number of benzene rings is 5. The van der Waals surface area contributed by atoms with Crippen molar-refractivity contribution in [3.63, 3.8) is 0 Å². The highest BCUT2D eigenvalue weighted by atomic mass is 32.2. The molecule has 50 heavy (non-hydrogen) atoms. The Kier molecular flexibility index (Phi) is 11.1. The Bertz CT molecular complexity index is 1980. The summed E-state index contributed by atoms with van der Waals surface area (Å²) >= 11 is 1.35. The summed E-state index contributed by atoms with van der Waals surface area (Å²) in [5.74, 6) is 0.762. The maximum Gasteiger partial charge on any atom is 0.272 e. The van der Waals surface area contributed by atoms with E-state index in [4.69, 9.17) is 14.2 Å². The van der Waals surface area contributed by atoms with Crippen molar-refractivity contribution in [2.24, 2.45) is 0 Å². The lowest BCUT2D eigenvalue weighted by Crippen LogP contribution is -2.30. The molecule has 1 heterocycles. The monoisotopic (exact) mass is 685 g/mol. The van der Waals surface area contributed by atoms with Gasteiger partial charge in [-0.2, -0.15) is 0 Å². The van der Waals surface area contributed by atoms with E-state index in [9.17, 15) is 14.4 Å². The third-order valence-corrected chi connectivity index (χ3v) is 8.77. The van der Waals surface area contributed by atoms with Gasteiger partial charge in [-0.3, -0.25) is 14.4 Å². The molecule has 0 radical (unpaired) electrons. The van der Waals surface area contributed by atoms with E-state index >= 15 is 0 Å². The van der Waals surface area contributed by atoms with Crippen LogP contribution in [0.15, 0.2) is 138 Å². The van der Waals surface area contributed by atoms with Crippen LogP contribution in [0.1, 0.15) is 33.7 Å². The fourth-order valence-corrected chi connectivity index (χ4v) is 6.23. The minimum Gasteiger partial charge on any atom is -0.494 e. The van der Waals surface area contributed by atoms with Crippen LogP contribution in [0.5, 0.6) is 17.2 Å². The van der Waals surface area contributed by atoms with Gasteiger partial charge in [-0.15, -0.1) is 11.8 Å². The van der Waals surface area contributed by atoms with E-state index in [0.29, 0.717) is 59.6 Å². The molecule has 1 atom stereocenters. The topological polar surface area (TPSA) is 115 Å². The maximum atomic E-state index is 13.8. The molecule has 1 aliphatic rings. The van der Waals surface area contributed by atoms with Gasteiger partial charge in [-0.25, -0.2) is 0 Å². The van der Waals surface area contributed by atoms with Gasteiger partial charge in [0.15, 0.2) is 11.5 Å². The van der Waals surface area contributed by atoms with Crippen molar-refractivity contribution in [3.05, 3.63) is 150 Å². The van der Waals surface area contributed by atoms with Gasteiger partial charge in [-0.05, 0) is 78.7 Å². The molecule has 1 aliphatic heterocycles. The van der Waals surface area contributed by atoms with E-state index < -0.39 is 17.1 Å². The molecule has 5 aromatic rings. The second-order valence-electron chi connectivity index (χ2n) is 11.1. The molecule has 0 aromatic heterocycles. The van der Waals surface area contributed by atoms with E-state index in [-0.39, 0.29) is 11.6 Å². The number of carbonyl (C=O) groups is 3. The van der Waals surface area contributed by atoms with Crippen LogP contribution >= 0.6 is 11.8 Å². The summed E-state index contributed by atoms with van der Waals surface area (Å²) in [5.41, 5.74) is 3.06. The molecule has 0 saturated carbocycles. The van der Waals surface area contributed by atoms with Crippen molar-refractivity contribution < 1.29 is 28.6 Å². The second-order valence-corrected chi connectivity index (χ2v) is 12.3. The van der Waals surface area contributed by atoms with Crippen molar-refractivity contribution >= 4 is 46.9 Å². The first kappa shape index (κ1) is 33.9. The smallest absolute Gasteiger partial charge is 0.272 e. The van der Waals surface area contributed by atoms with E-state index in [1.165, 1.54) is 11.8 Å². The van der Waals surface area contributed by atoms with Crippen molar-refractivity contribution in [3.8, 4) is 17.2 Å². The Morgan fingerprint density at radius 1 is 0.760 bits per heavy atom. The molecule has 252 valence electrons. The number of rotatable bonds is 12. The summed E-state index contributed by atoms with van der Waals surface area (Å²) in [4.78, 5) is 41.3. The molecule has 3 N–H and O–H groups in total. The van der Waals surface area contributed by atoms with Gasteiger partial charge in [0.05, 0.1) is 6.61 Å². The fraction of sp³-hybridized carbons (Fsp3) is 0.125. The van der Waals surface area contributed by atoms with Crippen LogP contribution in [0.4, 0.5) is 11.4 Å². The summed E-state index contributed by atoms with van der Waals surface area (Å²) in [5, 5.41) is 8.09. The van der Waals surface area contributed by atoms with Crippen LogP contribution in [0.2, 0.25) is 0 Å². The van der Waals surface area contributed by atoms with Crippen molar-refractivity contribution in [2.45, 2.75) is 17.1 Å². The molecule has 0 spiro atoms. The summed E-state index contributed by atoms with van der Waals surface area (Å²) < 4.78 is 16.8. The van der Waals surface area contributed by atoms with E-state index in [1.54, 1.807) is 78.9 Å². The molecular formula is C40H35N3O6S. The second kappa shape index (κ2) is 16.4. The lowest BCUT2D eigenvalue weighted by Gasteiger charge is -2.20. The van der Waals surface area contributed by atoms with Crippen LogP contribution in [-0.2, 0) is 9.59 Å². The molecule has 0 fully saturated rings. The van der Waals surface area contributed by atoms with Gasteiger partial charge in [0, 0.05) is 27.9 Å². The average Bonchev–Trinajstić information content (AvgIpc) is 3.15. The summed E-state index contributed by atoms with van der Waals surface area (Å²) in [7, 11) is 0. The molecular weight excluding hydrogens is 651 g/mol. The number of amides is 3. The molecule has 0 bridgehead atoms. The summed E-state index contributed by atoms with van der Waals surface area (Å²) in [6, 6.07) is 37.9. The average molecular weight is 686 g/mol. The van der Waals surface area contributed by atoms with Crippen LogP contribution in [0, 0.1) is 0 Å². The summed E-state index contributed by atoms with van der Waals surface area (Å²) in [6.07, 6.45) is 1.61. The number of anilines is 2. The largest absolute Gasteiger partial charge is 0.494 e. The minimum absolute atomic E-state index is 0.0574. The summed E-state index contributed by atoms with van der Waals surface area (Å²) in [6.45, 7) is 3.36.